The molecule has 0 aliphatic carbocycles. The molecule has 0 N–H and O–H groups in total. The van der Waals surface area contributed by atoms with Crippen LogP contribution in [0.4, 0.5) is 0 Å². The summed E-state index contributed by atoms with van der Waals surface area (Å²) in [6.45, 7) is 5.34. The van der Waals surface area contributed by atoms with Crippen molar-refractivity contribution in [1.29, 1.82) is 0 Å². The lowest BCUT2D eigenvalue weighted by molar-refractivity contribution is 0.242. The first-order valence-corrected chi connectivity index (χ1v) is 9.13. The number of hydrogen-bond acceptors (Lipinski definition) is 6. The zero-order valence-electron chi connectivity index (χ0n) is 12.7. The fourth-order valence-corrected chi connectivity index (χ4v) is 3.11. The lowest BCUT2D eigenvalue weighted by Crippen LogP contribution is -2.31. The lowest BCUT2D eigenvalue weighted by Gasteiger charge is -2.27. The predicted octanol–water partition coefficient (Wildman–Crippen LogP) is 0.655. The SMILES string of the molecule is CCn1cc(CN2CCc3nc(S(C)(=O)=O)ncc3C2)cn1. The van der Waals surface area contributed by atoms with Crippen LogP contribution in [0.1, 0.15) is 23.7 Å². The normalized spacial score (nSPS) is 15.7. The van der Waals surface area contributed by atoms with Gasteiger partial charge in [-0.2, -0.15) is 5.10 Å². The fraction of sp³-hybridized carbons (Fsp3) is 0.500. The molecule has 0 spiro atoms. The van der Waals surface area contributed by atoms with E-state index in [0.29, 0.717) is 0 Å². The number of aromatic nitrogens is 4. The Hall–Kier alpha value is -1.80. The van der Waals surface area contributed by atoms with Crippen LogP contribution in [0.3, 0.4) is 0 Å². The van der Waals surface area contributed by atoms with E-state index in [1.165, 1.54) is 5.56 Å². The van der Waals surface area contributed by atoms with Gasteiger partial charge in [0.05, 0.1) is 11.9 Å². The summed E-state index contributed by atoms with van der Waals surface area (Å²) >= 11 is 0. The molecule has 0 radical (unpaired) electrons. The van der Waals surface area contributed by atoms with E-state index < -0.39 is 9.84 Å². The van der Waals surface area contributed by atoms with Gasteiger partial charge in [0.25, 0.3) is 0 Å². The third kappa shape index (κ3) is 3.17. The molecule has 0 fully saturated rings. The zero-order valence-corrected chi connectivity index (χ0v) is 13.5. The molecule has 0 amide bonds. The number of aryl methyl sites for hydroxylation is 1. The maximum Gasteiger partial charge on any atom is 0.246 e. The van der Waals surface area contributed by atoms with Gasteiger partial charge in [0.15, 0.2) is 0 Å². The molecule has 2 aromatic rings. The Morgan fingerprint density at radius 3 is 2.82 bits per heavy atom. The summed E-state index contributed by atoms with van der Waals surface area (Å²) in [4.78, 5) is 10.5. The van der Waals surface area contributed by atoms with Crippen molar-refractivity contribution in [2.24, 2.45) is 0 Å². The molecule has 3 rings (SSSR count). The van der Waals surface area contributed by atoms with Gasteiger partial charge in [0.2, 0.25) is 15.0 Å². The third-order valence-corrected chi connectivity index (χ3v) is 4.60. The molecule has 1 aliphatic rings. The van der Waals surface area contributed by atoms with Crippen LogP contribution in [0.25, 0.3) is 0 Å². The van der Waals surface area contributed by atoms with E-state index in [2.05, 4.69) is 33.1 Å². The van der Waals surface area contributed by atoms with Gasteiger partial charge in [0, 0.05) is 62.4 Å². The summed E-state index contributed by atoms with van der Waals surface area (Å²) in [6.07, 6.45) is 7.46. The van der Waals surface area contributed by atoms with Crippen LogP contribution in [-0.4, -0.2) is 45.9 Å². The van der Waals surface area contributed by atoms with Crippen molar-refractivity contribution in [3.8, 4) is 0 Å². The molecule has 0 saturated heterocycles. The number of nitrogens with zero attached hydrogens (tertiary/aromatic N) is 5. The first-order chi connectivity index (χ1) is 10.5. The molecule has 0 atom stereocenters. The van der Waals surface area contributed by atoms with Crippen LogP contribution in [0.15, 0.2) is 23.7 Å². The summed E-state index contributed by atoms with van der Waals surface area (Å²) in [5.41, 5.74) is 3.02. The van der Waals surface area contributed by atoms with Gasteiger partial charge in [-0.3, -0.25) is 9.58 Å². The Morgan fingerprint density at radius 1 is 1.32 bits per heavy atom. The molecule has 3 heterocycles. The van der Waals surface area contributed by atoms with Gasteiger partial charge < -0.3 is 0 Å². The number of fused-ring (bicyclic) bond motifs is 1. The van der Waals surface area contributed by atoms with Crippen LogP contribution in [0.5, 0.6) is 0 Å². The van der Waals surface area contributed by atoms with Gasteiger partial charge in [-0.15, -0.1) is 0 Å². The largest absolute Gasteiger partial charge is 0.294 e. The minimum atomic E-state index is -3.35. The van der Waals surface area contributed by atoms with E-state index in [0.717, 1.165) is 50.1 Å². The second-order valence-electron chi connectivity index (χ2n) is 5.56. The number of sulfone groups is 1. The smallest absolute Gasteiger partial charge is 0.246 e. The third-order valence-electron chi connectivity index (χ3n) is 3.74. The van der Waals surface area contributed by atoms with Crippen LogP contribution in [0.2, 0.25) is 0 Å². The fourth-order valence-electron chi connectivity index (χ4n) is 2.59. The summed E-state index contributed by atoms with van der Waals surface area (Å²) in [7, 11) is -3.35. The molecule has 0 bridgehead atoms. The van der Waals surface area contributed by atoms with Crippen LogP contribution < -0.4 is 0 Å². The molecular weight excluding hydrogens is 302 g/mol. The topological polar surface area (TPSA) is 81.0 Å². The highest BCUT2D eigenvalue weighted by Gasteiger charge is 2.21. The van der Waals surface area contributed by atoms with E-state index in [9.17, 15) is 8.42 Å². The first kappa shape index (κ1) is 15.1. The first-order valence-electron chi connectivity index (χ1n) is 7.24. The van der Waals surface area contributed by atoms with E-state index >= 15 is 0 Å². The zero-order chi connectivity index (χ0) is 15.7. The Morgan fingerprint density at radius 2 is 2.14 bits per heavy atom. The van der Waals surface area contributed by atoms with Crippen LogP contribution >= 0.6 is 0 Å². The molecule has 0 saturated carbocycles. The van der Waals surface area contributed by atoms with Crippen molar-refractivity contribution >= 4 is 9.84 Å². The second-order valence-corrected chi connectivity index (χ2v) is 7.47. The van der Waals surface area contributed by atoms with Gasteiger partial charge in [0.1, 0.15) is 0 Å². The minimum absolute atomic E-state index is 0.0797. The highest BCUT2D eigenvalue weighted by Crippen LogP contribution is 2.19. The monoisotopic (exact) mass is 321 g/mol. The molecule has 0 aromatic carbocycles. The van der Waals surface area contributed by atoms with Crippen molar-refractivity contribution in [2.75, 3.05) is 12.8 Å². The average molecular weight is 321 g/mol. The Balaban J connectivity index is 1.74. The van der Waals surface area contributed by atoms with Gasteiger partial charge in [-0.05, 0) is 6.92 Å². The van der Waals surface area contributed by atoms with Crippen molar-refractivity contribution < 1.29 is 8.42 Å². The van der Waals surface area contributed by atoms with E-state index in [1.807, 2.05) is 10.9 Å². The van der Waals surface area contributed by atoms with Crippen molar-refractivity contribution in [3.63, 3.8) is 0 Å². The summed E-state index contributed by atoms with van der Waals surface area (Å²) in [5.74, 6) is 0. The van der Waals surface area contributed by atoms with Crippen molar-refractivity contribution in [2.45, 2.75) is 38.1 Å². The van der Waals surface area contributed by atoms with E-state index in [4.69, 9.17) is 0 Å². The van der Waals surface area contributed by atoms with Gasteiger partial charge in [-0.1, -0.05) is 0 Å². The average Bonchev–Trinajstić information content (AvgIpc) is 2.93. The maximum absolute atomic E-state index is 11.5. The Labute approximate surface area is 129 Å². The molecule has 1 aliphatic heterocycles. The van der Waals surface area contributed by atoms with Crippen molar-refractivity contribution in [3.05, 3.63) is 35.4 Å². The summed E-state index contributed by atoms with van der Waals surface area (Å²) < 4.78 is 24.9. The predicted molar refractivity (Wildman–Crippen MR) is 80.9 cm³/mol. The highest BCUT2D eigenvalue weighted by molar-refractivity contribution is 7.90. The van der Waals surface area contributed by atoms with Crippen LogP contribution in [0, 0.1) is 0 Å². The quantitative estimate of drug-likeness (QED) is 0.769. The van der Waals surface area contributed by atoms with Gasteiger partial charge >= 0.3 is 0 Å². The molecule has 2 aromatic heterocycles. The highest BCUT2D eigenvalue weighted by atomic mass is 32.2. The Bertz CT molecular complexity index is 784. The van der Waals surface area contributed by atoms with Crippen molar-refractivity contribution in [1.82, 2.24) is 24.6 Å². The lowest BCUT2D eigenvalue weighted by atomic mass is 10.1. The van der Waals surface area contributed by atoms with Crippen LogP contribution in [-0.2, 0) is 35.9 Å². The van der Waals surface area contributed by atoms with Gasteiger partial charge in [-0.25, -0.2) is 18.4 Å². The van der Waals surface area contributed by atoms with E-state index in [1.54, 1.807) is 6.20 Å². The maximum atomic E-state index is 11.5. The molecule has 8 heteroatoms. The molecule has 22 heavy (non-hydrogen) atoms. The summed E-state index contributed by atoms with van der Waals surface area (Å²) in [6, 6.07) is 0. The molecule has 118 valence electrons. The molecule has 0 unspecified atom stereocenters. The Kier molecular flexibility index (Phi) is 3.96. The molecular formula is C14H19N5O2S. The second kappa shape index (κ2) is 5.77. The summed E-state index contributed by atoms with van der Waals surface area (Å²) in [5, 5.41) is 4.20. The van der Waals surface area contributed by atoms with E-state index in [-0.39, 0.29) is 5.16 Å². The number of hydrogen-bond donors (Lipinski definition) is 0. The standard InChI is InChI=1S/C14H19N5O2S/c1-3-19-9-11(6-16-19)8-18-5-4-13-12(10-18)7-15-14(17-13)22(2,20)21/h6-7,9H,3-5,8,10H2,1-2H3. The molecule has 7 nitrogen and oxygen atoms in total. The number of rotatable bonds is 4. The minimum Gasteiger partial charge on any atom is -0.294 e.